The van der Waals surface area contributed by atoms with Crippen LogP contribution in [0.1, 0.15) is 36.6 Å². The van der Waals surface area contributed by atoms with Crippen LogP contribution in [0.4, 0.5) is 5.69 Å². The fourth-order valence-electron chi connectivity index (χ4n) is 3.81. The van der Waals surface area contributed by atoms with Crippen molar-refractivity contribution in [3.63, 3.8) is 0 Å². The van der Waals surface area contributed by atoms with Gasteiger partial charge in [-0.25, -0.2) is 9.79 Å². The third-order valence-electron chi connectivity index (χ3n) is 5.43. The summed E-state index contributed by atoms with van der Waals surface area (Å²) in [5.41, 5.74) is 1.97. The average Bonchev–Trinajstić information content (AvgIpc) is 3.09. The molecule has 1 aliphatic heterocycles. The number of fused-ring (bicyclic) bond motifs is 1. The first-order valence-electron chi connectivity index (χ1n) is 10.4. The number of carbonyl (C=O) groups is 1. The third-order valence-corrected chi connectivity index (χ3v) is 7.13. The van der Waals surface area contributed by atoms with Crippen LogP contribution in [-0.4, -0.2) is 22.1 Å². The number of nitro benzene ring substituents is 1. The average molecular weight is 589 g/mol. The lowest BCUT2D eigenvalue weighted by molar-refractivity contribution is -0.385. The number of thiazole rings is 1. The second-order valence-electron chi connectivity index (χ2n) is 7.66. The van der Waals surface area contributed by atoms with Crippen molar-refractivity contribution in [2.75, 3.05) is 6.61 Å². The molecule has 0 radical (unpaired) electrons. The Labute approximate surface area is 212 Å². The number of hydrogen-bond acceptors (Lipinski definition) is 7. The molecule has 0 saturated carbocycles. The lowest BCUT2D eigenvalue weighted by Gasteiger charge is -2.24. The van der Waals surface area contributed by atoms with E-state index < -0.39 is 16.9 Å². The summed E-state index contributed by atoms with van der Waals surface area (Å²) >= 11 is 3.42. The number of halogens is 1. The minimum absolute atomic E-state index is 0.0867. The molecule has 2 aromatic carbocycles. The maximum atomic E-state index is 13.6. The number of hydrogen-bond donors (Lipinski definition) is 0. The Morgan fingerprint density at radius 2 is 1.97 bits per heavy atom. The number of allylic oxidation sites excluding steroid dienone is 1. The second-order valence-corrected chi connectivity index (χ2v) is 9.91. The van der Waals surface area contributed by atoms with Gasteiger partial charge in [0.1, 0.15) is 0 Å². The zero-order valence-corrected chi connectivity index (χ0v) is 21.5. The summed E-state index contributed by atoms with van der Waals surface area (Å²) in [4.78, 5) is 42.6. The SMILES string of the molecule is CCOC(=O)C1=C(C)N=c2s/c(=C/c3ccc(I)cc3)c(=O)n2[C@H]1c1ccc(C)c([N+](=O)[O-])c1. The molecule has 0 saturated heterocycles. The molecule has 34 heavy (non-hydrogen) atoms. The predicted octanol–water partition coefficient (Wildman–Crippen LogP) is 3.62. The molecule has 0 unspecified atom stereocenters. The normalized spacial score (nSPS) is 15.6. The topological polar surface area (TPSA) is 104 Å². The van der Waals surface area contributed by atoms with Gasteiger partial charge in [-0.15, -0.1) is 0 Å². The van der Waals surface area contributed by atoms with E-state index in [1.807, 2.05) is 24.3 Å². The van der Waals surface area contributed by atoms with E-state index in [1.165, 1.54) is 22.0 Å². The molecule has 8 nitrogen and oxygen atoms in total. The van der Waals surface area contributed by atoms with Gasteiger partial charge >= 0.3 is 5.97 Å². The predicted molar refractivity (Wildman–Crippen MR) is 137 cm³/mol. The Morgan fingerprint density at radius 3 is 2.62 bits per heavy atom. The Morgan fingerprint density at radius 1 is 1.26 bits per heavy atom. The van der Waals surface area contributed by atoms with Crippen molar-refractivity contribution >= 4 is 51.7 Å². The molecule has 0 N–H and O–H groups in total. The third kappa shape index (κ3) is 4.47. The van der Waals surface area contributed by atoms with Crippen LogP contribution < -0.4 is 14.9 Å². The molecule has 0 bridgehead atoms. The Hall–Kier alpha value is -3.12. The zero-order chi connectivity index (χ0) is 24.6. The summed E-state index contributed by atoms with van der Waals surface area (Å²) in [7, 11) is 0. The van der Waals surface area contributed by atoms with Gasteiger partial charge in [0.15, 0.2) is 4.80 Å². The summed E-state index contributed by atoms with van der Waals surface area (Å²) in [5.74, 6) is -0.608. The van der Waals surface area contributed by atoms with Crippen molar-refractivity contribution in [2.45, 2.75) is 26.8 Å². The van der Waals surface area contributed by atoms with E-state index >= 15 is 0 Å². The van der Waals surface area contributed by atoms with Crippen LogP contribution in [-0.2, 0) is 9.53 Å². The van der Waals surface area contributed by atoms with Crippen LogP contribution in [0.2, 0.25) is 0 Å². The number of rotatable bonds is 5. The van der Waals surface area contributed by atoms with E-state index in [0.29, 0.717) is 26.2 Å². The van der Waals surface area contributed by atoms with Gasteiger partial charge in [0, 0.05) is 15.2 Å². The molecule has 1 atom stereocenters. The molecular weight excluding hydrogens is 569 g/mol. The van der Waals surface area contributed by atoms with Gasteiger partial charge in [-0.05, 0) is 72.7 Å². The summed E-state index contributed by atoms with van der Waals surface area (Å²) in [5, 5.41) is 11.6. The minimum Gasteiger partial charge on any atom is -0.463 e. The molecule has 4 rings (SSSR count). The molecule has 2 heterocycles. The van der Waals surface area contributed by atoms with Crippen LogP contribution in [0.3, 0.4) is 0 Å². The summed E-state index contributed by atoms with van der Waals surface area (Å²) in [6, 6.07) is 11.5. The largest absolute Gasteiger partial charge is 0.463 e. The monoisotopic (exact) mass is 589 g/mol. The molecule has 0 aliphatic carbocycles. The van der Waals surface area contributed by atoms with Gasteiger partial charge in [-0.3, -0.25) is 19.5 Å². The molecule has 10 heteroatoms. The van der Waals surface area contributed by atoms with E-state index in [-0.39, 0.29) is 23.4 Å². The van der Waals surface area contributed by atoms with E-state index in [2.05, 4.69) is 27.6 Å². The van der Waals surface area contributed by atoms with E-state index in [0.717, 1.165) is 9.13 Å². The highest BCUT2D eigenvalue weighted by Gasteiger charge is 2.34. The van der Waals surface area contributed by atoms with Crippen LogP contribution in [0.25, 0.3) is 6.08 Å². The van der Waals surface area contributed by atoms with Crippen LogP contribution in [0.15, 0.2) is 63.5 Å². The Bertz CT molecular complexity index is 1520. The fourth-order valence-corrected chi connectivity index (χ4v) is 5.22. The minimum atomic E-state index is -0.895. The van der Waals surface area contributed by atoms with Gasteiger partial charge in [-0.1, -0.05) is 35.6 Å². The molecule has 174 valence electrons. The fraction of sp³-hybridized carbons (Fsp3) is 0.208. The number of aryl methyl sites for hydroxylation is 1. The number of nitro groups is 1. The highest BCUT2D eigenvalue weighted by molar-refractivity contribution is 14.1. The van der Waals surface area contributed by atoms with Crippen molar-refractivity contribution in [1.29, 1.82) is 0 Å². The van der Waals surface area contributed by atoms with Crippen molar-refractivity contribution < 1.29 is 14.5 Å². The molecular formula is C24H20IN3O5S. The van der Waals surface area contributed by atoms with Gasteiger partial charge in [0.2, 0.25) is 0 Å². The Balaban J connectivity index is 1.98. The van der Waals surface area contributed by atoms with Gasteiger partial charge in [-0.2, -0.15) is 0 Å². The quantitative estimate of drug-likeness (QED) is 0.196. The summed E-state index contributed by atoms with van der Waals surface area (Å²) < 4.78 is 8.21. The van der Waals surface area contributed by atoms with Crippen molar-refractivity contribution in [3.05, 3.63) is 104 Å². The van der Waals surface area contributed by atoms with E-state index in [1.54, 1.807) is 39.0 Å². The molecule has 3 aromatic rings. The highest BCUT2D eigenvalue weighted by Crippen LogP contribution is 2.33. The number of ether oxygens (including phenoxy) is 1. The molecule has 0 fully saturated rings. The van der Waals surface area contributed by atoms with E-state index in [9.17, 15) is 19.7 Å². The number of esters is 1. The lowest BCUT2D eigenvalue weighted by atomic mass is 9.94. The Kier molecular flexibility index (Phi) is 6.80. The van der Waals surface area contributed by atoms with E-state index in [4.69, 9.17) is 4.74 Å². The molecule has 1 aliphatic rings. The second kappa shape index (κ2) is 9.63. The smallest absolute Gasteiger partial charge is 0.338 e. The maximum absolute atomic E-state index is 13.6. The summed E-state index contributed by atoms with van der Waals surface area (Å²) in [6.07, 6.45) is 1.78. The highest BCUT2D eigenvalue weighted by atomic mass is 127. The van der Waals surface area contributed by atoms with Gasteiger partial charge in [0.25, 0.3) is 11.2 Å². The first-order chi connectivity index (χ1) is 16.2. The lowest BCUT2D eigenvalue weighted by Crippen LogP contribution is -2.40. The molecule has 1 aromatic heterocycles. The van der Waals surface area contributed by atoms with Crippen molar-refractivity contribution in [1.82, 2.24) is 4.57 Å². The van der Waals surface area contributed by atoms with Gasteiger partial charge in [0.05, 0.1) is 33.4 Å². The van der Waals surface area contributed by atoms with Crippen LogP contribution >= 0.6 is 33.9 Å². The zero-order valence-electron chi connectivity index (χ0n) is 18.6. The number of carbonyl (C=O) groups excluding carboxylic acids is 1. The van der Waals surface area contributed by atoms with Gasteiger partial charge < -0.3 is 4.74 Å². The van der Waals surface area contributed by atoms with Crippen LogP contribution in [0, 0.1) is 20.6 Å². The number of nitrogens with zero attached hydrogens (tertiary/aromatic N) is 3. The molecule has 0 amide bonds. The number of benzene rings is 2. The maximum Gasteiger partial charge on any atom is 0.338 e. The standard InChI is InChI=1S/C24H20IN3O5S/c1-4-33-23(30)20-14(3)26-24-27(21(20)16-8-5-13(2)18(12-16)28(31)32)22(29)19(34-24)11-15-6-9-17(25)10-7-15/h5-12,21H,4H2,1-3H3/b19-11+/t21-/m0/s1. The van der Waals surface area contributed by atoms with Crippen LogP contribution in [0.5, 0.6) is 0 Å². The van der Waals surface area contributed by atoms with Crippen molar-refractivity contribution in [2.24, 2.45) is 4.99 Å². The summed E-state index contributed by atoms with van der Waals surface area (Å²) in [6.45, 7) is 5.16. The molecule has 0 spiro atoms. The first kappa shape index (κ1) is 24.0. The van der Waals surface area contributed by atoms with Crippen molar-refractivity contribution in [3.8, 4) is 0 Å². The first-order valence-corrected chi connectivity index (χ1v) is 12.3. The number of aromatic nitrogens is 1.